The van der Waals surface area contributed by atoms with Crippen LogP contribution in [-0.2, 0) is 20.7 Å². The minimum absolute atomic E-state index is 0.0499. The molecule has 1 aromatic rings. The number of carbonyl (C=O) groups is 2. The maximum Gasteiger partial charge on any atom is 0.248 e. The van der Waals surface area contributed by atoms with Crippen molar-refractivity contribution in [3.8, 4) is 0 Å². The molecule has 1 unspecified atom stereocenters. The molecule has 7 nitrogen and oxygen atoms in total. The van der Waals surface area contributed by atoms with Crippen molar-refractivity contribution >= 4 is 23.2 Å². The van der Waals surface area contributed by atoms with Crippen molar-refractivity contribution in [2.75, 3.05) is 32.8 Å². The number of thiazole rings is 1. The van der Waals surface area contributed by atoms with E-state index in [2.05, 4.69) is 15.2 Å². The third-order valence-electron chi connectivity index (χ3n) is 6.23. The first-order valence-corrected chi connectivity index (χ1v) is 11.3. The van der Waals surface area contributed by atoms with Crippen LogP contribution in [0.4, 0.5) is 0 Å². The Kier molecular flexibility index (Phi) is 6.28. The number of carbonyl (C=O) groups excluding carboxylic acids is 2. The Morgan fingerprint density at radius 3 is 2.71 bits per heavy atom. The fourth-order valence-electron chi connectivity index (χ4n) is 4.38. The largest absolute Gasteiger partial charge is 0.365 e. The highest BCUT2D eigenvalue weighted by atomic mass is 32.1. The van der Waals surface area contributed by atoms with E-state index in [1.54, 1.807) is 11.3 Å². The molecule has 28 heavy (non-hydrogen) atoms. The van der Waals surface area contributed by atoms with Crippen LogP contribution < -0.4 is 5.32 Å². The van der Waals surface area contributed by atoms with Crippen molar-refractivity contribution in [1.29, 1.82) is 0 Å². The van der Waals surface area contributed by atoms with Crippen molar-refractivity contribution in [2.45, 2.75) is 63.6 Å². The van der Waals surface area contributed by atoms with Gasteiger partial charge in [-0.15, -0.1) is 11.3 Å². The summed E-state index contributed by atoms with van der Waals surface area (Å²) >= 11 is 1.55. The lowest BCUT2D eigenvalue weighted by Gasteiger charge is -2.45. The van der Waals surface area contributed by atoms with E-state index in [9.17, 15) is 9.59 Å². The molecule has 1 saturated carbocycles. The summed E-state index contributed by atoms with van der Waals surface area (Å²) in [5.74, 6) is 0.0359. The molecule has 1 N–H and O–H groups in total. The zero-order valence-electron chi connectivity index (χ0n) is 16.6. The van der Waals surface area contributed by atoms with E-state index in [-0.39, 0.29) is 24.5 Å². The minimum atomic E-state index is -0.136. The van der Waals surface area contributed by atoms with Gasteiger partial charge in [-0.2, -0.15) is 0 Å². The Labute approximate surface area is 170 Å². The molecule has 0 bridgehead atoms. The molecule has 0 radical (unpaired) electrons. The van der Waals surface area contributed by atoms with Gasteiger partial charge in [-0.25, -0.2) is 4.98 Å². The normalized spacial score (nSPS) is 25.0. The van der Waals surface area contributed by atoms with E-state index in [1.807, 2.05) is 17.2 Å². The first-order chi connectivity index (χ1) is 13.6. The number of piperidine rings is 1. The first-order valence-electron chi connectivity index (χ1n) is 10.4. The summed E-state index contributed by atoms with van der Waals surface area (Å²) in [5, 5.41) is 5.83. The van der Waals surface area contributed by atoms with Crippen LogP contribution in [0.5, 0.6) is 0 Å². The van der Waals surface area contributed by atoms with Gasteiger partial charge in [0.2, 0.25) is 11.8 Å². The van der Waals surface area contributed by atoms with Gasteiger partial charge in [0, 0.05) is 43.6 Å². The number of morpholine rings is 1. The molecule has 1 aromatic heterocycles. The molecule has 3 heterocycles. The zero-order chi connectivity index (χ0) is 19.5. The number of nitrogens with zero attached hydrogens (tertiary/aromatic N) is 3. The molecule has 0 spiro atoms. The fraction of sp³-hybridized carbons (Fsp3) is 0.750. The van der Waals surface area contributed by atoms with Gasteiger partial charge >= 0.3 is 0 Å². The number of nitrogens with one attached hydrogen (secondary N) is 1. The Bertz CT molecular complexity index is 697. The lowest BCUT2D eigenvalue weighted by Crippen LogP contribution is -2.57. The van der Waals surface area contributed by atoms with Crippen LogP contribution in [0.25, 0.3) is 0 Å². The zero-order valence-corrected chi connectivity index (χ0v) is 17.4. The number of likely N-dealkylation sites (tertiary alicyclic amines) is 1. The molecular weight excluding hydrogens is 376 g/mol. The minimum Gasteiger partial charge on any atom is -0.365 e. The summed E-state index contributed by atoms with van der Waals surface area (Å²) in [6.07, 6.45) is 6.28. The van der Waals surface area contributed by atoms with E-state index < -0.39 is 0 Å². The monoisotopic (exact) mass is 406 g/mol. The van der Waals surface area contributed by atoms with Crippen molar-refractivity contribution in [1.82, 2.24) is 20.1 Å². The highest BCUT2D eigenvalue weighted by Gasteiger charge is 2.35. The SMILES string of the molecule is Cc1nc(CC(=O)NCC2CN(C3CCN(C4CCC4)CC3)C(=O)CO2)cs1. The predicted molar refractivity (Wildman–Crippen MR) is 107 cm³/mol. The molecule has 3 aliphatic rings. The van der Waals surface area contributed by atoms with Gasteiger partial charge in [0.05, 0.1) is 23.2 Å². The average molecular weight is 407 g/mol. The number of aromatic nitrogens is 1. The summed E-state index contributed by atoms with van der Waals surface area (Å²) in [6, 6.07) is 1.09. The van der Waals surface area contributed by atoms with E-state index in [0.29, 0.717) is 25.6 Å². The number of rotatable bonds is 6. The van der Waals surface area contributed by atoms with Gasteiger partial charge in [-0.1, -0.05) is 6.42 Å². The number of ether oxygens (including phenoxy) is 1. The first kappa shape index (κ1) is 19.8. The Morgan fingerprint density at radius 1 is 1.29 bits per heavy atom. The topological polar surface area (TPSA) is 74.8 Å². The van der Waals surface area contributed by atoms with Crippen LogP contribution in [0, 0.1) is 6.92 Å². The van der Waals surface area contributed by atoms with Crippen LogP contribution in [-0.4, -0.2) is 77.6 Å². The average Bonchev–Trinajstić information content (AvgIpc) is 3.05. The lowest BCUT2D eigenvalue weighted by molar-refractivity contribution is -0.153. The molecule has 8 heteroatoms. The van der Waals surface area contributed by atoms with Crippen LogP contribution >= 0.6 is 11.3 Å². The summed E-state index contributed by atoms with van der Waals surface area (Å²) in [5.41, 5.74) is 0.805. The molecule has 2 saturated heterocycles. The summed E-state index contributed by atoms with van der Waals surface area (Å²) < 4.78 is 5.67. The summed E-state index contributed by atoms with van der Waals surface area (Å²) in [4.78, 5) is 33.5. The van der Waals surface area contributed by atoms with E-state index in [1.165, 1.54) is 19.3 Å². The van der Waals surface area contributed by atoms with Crippen molar-refractivity contribution < 1.29 is 14.3 Å². The Morgan fingerprint density at radius 2 is 2.07 bits per heavy atom. The Balaban J connectivity index is 1.23. The number of hydrogen-bond acceptors (Lipinski definition) is 6. The van der Waals surface area contributed by atoms with Crippen molar-refractivity contribution in [3.63, 3.8) is 0 Å². The molecule has 4 rings (SSSR count). The third kappa shape index (κ3) is 4.72. The van der Waals surface area contributed by atoms with Gasteiger partial charge in [0.25, 0.3) is 0 Å². The highest BCUT2D eigenvalue weighted by molar-refractivity contribution is 7.09. The molecule has 1 atom stereocenters. The van der Waals surface area contributed by atoms with Crippen LogP contribution in [0.3, 0.4) is 0 Å². The molecule has 3 fully saturated rings. The lowest BCUT2D eigenvalue weighted by atomic mass is 9.89. The molecule has 154 valence electrons. The standard InChI is InChI=1S/C20H30N4O3S/c1-14-22-15(13-28-14)9-19(25)21-10-18-11-24(20(26)12-27-18)17-5-7-23(8-6-17)16-3-2-4-16/h13,16-18H,2-12H2,1H3,(H,21,25). The molecule has 2 amide bonds. The van der Waals surface area contributed by atoms with Gasteiger partial charge in [0.15, 0.2) is 0 Å². The van der Waals surface area contributed by atoms with Crippen LogP contribution in [0.1, 0.15) is 42.8 Å². The van der Waals surface area contributed by atoms with Crippen LogP contribution in [0.2, 0.25) is 0 Å². The van der Waals surface area contributed by atoms with Gasteiger partial charge in [0.1, 0.15) is 6.61 Å². The van der Waals surface area contributed by atoms with Gasteiger partial charge < -0.3 is 19.9 Å². The molecule has 1 aliphatic carbocycles. The maximum absolute atomic E-state index is 12.4. The van der Waals surface area contributed by atoms with E-state index in [4.69, 9.17) is 4.74 Å². The molecule has 2 aliphatic heterocycles. The van der Waals surface area contributed by atoms with E-state index >= 15 is 0 Å². The third-order valence-corrected chi connectivity index (χ3v) is 7.05. The van der Waals surface area contributed by atoms with Crippen LogP contribution in [0.15, 0.2) is 5.38 Å². The Hall–Kier alpha value is -1.51. The van der Waals surface area contributed by atoms with Gasteiger partial charge in [-0.3, -0.25) is 9.59 Å². The highest BCUT2D eigenvalue weighted by Crippen LogP contribution is 2.29. The predicted octanol–water partition coefficient (Wildman–Crippen LogP) is 1.35. The molecule has 0 aromatic carbocycles. The van der Waals surface area contributed by atoms with Gasteiger partial charge in [-0.05, 0) is 32.6 Å². The molecular formula is C20H30N4O3S. The second kappa shape index (κ2) is 8.88. The number of hydrogen-bond donors (Lipinski definition) is 1. The second-order valence-electron chi connectivity index (χ2n) is 8.17. The number of amides is 2. The van der Waals surface area contributed by atoms with Crippen molar-refractivity contribution in [3.05, 3.63) is 16.1 Å². The fourth-order valence-corrected chi connectivity index (χ4v) is 4.99. The van der Waals surface area contributed by atoms with Crippen molar-refractivity contribution in [2.24, 2.45) is 0 Å². The second-order valence-corrected chi connectivity index (χ2v) is 9.23. The summed E-state index contributed by atoms with van der Waals surface area (Å²) in [7, 11) is 0. The smallest absolute Gasteiger partial charge is 0.248 e. The number of aryl methyl sites for hydroxylation is 1. The summed E-state index contributed by atoms with van der Waals surface area (Å²) in [6.45, 7) is 5.25. The van der Waals surface area contributed by atoms with E-state index in [0.717, 1.165) is 42.7 Å². The quantitative estimate of drug-likeness (QED) is 0.772. The maximum atomic E-state index is 12.4.